The second-order valence-corrected chi connectivity index (χ2v) is 4.74. The average molecular weight is 345 g/mol. The van der Waals surface area contributed by atoms with E-state index in [4.69, 9.17) is 4.74 Å². The lowest BCUT2D eigenvalue weighted by molar-refractivity contribution is -0.385. The number of esters is 1. The summed E-state index contributed by atoms with van der Waals surface area (Å²) in [6.45, 7) is -0.613. The molecule has 0 radical (unpaired) electrons. The summed E-state index contributed by atoms with van der Waals surface area (Å²) in [5.74, 6) is -1.51. The number of nitrogens with zero attached hydrogens (tertiary/aromatic N) is 2. The average Bonchev–Trinajstić information content (AvgIpc) is 2.60. The van der Waals surface area contributed by atoms with E-state index in [-0.39, 0.29) is 22.6 Å². The minimum Gasteiger partial charge on any atom is -0.452 e. The maximum absolute atomic E-state index is 11.8. The van der Waals surface area contributed by atoms with Crippen molar-refractivity contribution in [2.75, 3.05) is 11.9 Å². The zero-order chi connectivity index (χ0) is 18.4. The Hall–Kier alpha value is -3.82. The van der Waals surface area contributed by atoms with Crippen molar-refractivity contribution in [3.63, 3.8) is 0 Å². The Morgan fingerprint density at radius 2 is 1.60 bits per heavy atom. The first kappa shape index (κ1) is 17.5. The number of benzene rings is 2. The molecule has 0 aliphatic rings. The van der Waals surface area contributed by atoms with Crippen molar-refractivity contribution in [1.82, 2.24) is 0 Å². The fraction of sp³-hybridized carbons (Fsp3) is 0.0667. The van der Waals surface area contributed by atoms with Crippen LogP contribution in [0.2, 0.25) is 0 Å². The van der Waals surface area contributed by atoms with Gasteiger partial charge in [-0.25, -0.2) is 4.79 Å². The second-order valence-electron chi connectivity index (χ2n) is 4.74. The van der Waals surface area contributed by atoms with Crippen molar-refractivity contribution in [2.24, 2.45) is 0 Å². The van der Waals surface area contributed by atoms with E-state index in [2.05, 4.69) is 5.32 Å². The first-order chi connectivity index (χ1) is 11.9. The van der Waals surface area contributed by atoms with Crippen LogP contribution in [0.25, 0.3) is 0 Å². The molecule has 10 heteroatoms. The van der Waals surface area contributed by atoms with Gasteiger partial charge in [0.15, 0.2) is 6.61 Å². The molecule has 2 rings (SSSR count). The minimum atomic E-state index is -0.830. The van der Waals surface area contributed by atoms with Gasteiger partial charge in [0.2, 0.25) is 0 Å². The van der Waals surface area contributed by atoms with E-state index in [1.54, 1.807) is 0 Å². The Bertz CT molecular complexity index is 833. The number of hydrogen-bond donors (Lipinski definition) is 1. The van der Waals surface area contributed by atoms with E-state index < -0.39 is 28.3 Å². The van der Waals surface area contributed by atoms with E-state index in [1.807, 2.05) is 0 Å². The number of carbonyl (C=O) groups is 2. The molecule has 0 atom stereocenters. The van der Waals surface area contributed by atoms with Crippen molar-refractivity contribution in [3.05, 3.63) is 74.3 Å². The first-order valence-electron chi connectivity index (χ1n) is 6.82. The number of nitrogens with one attached hydrogen (secondary N) is 1. The highest BCUT2D eigenvalue weighted by Gasteiger charge is 2.13. The van der Waals surface area contributed by atoms with Crippen molar-refractivity contribution in [2.45, 2.75) is 0 Å². The molecule has 0 aliphatic carbocycles. The molecule has 0 unspecified atom stereocenters. The van der Waals surface area contributed by atoms with Crippen LogP contribution in [0.4, 0.5) is 17.1 Å². The maximum Gasteiger partial charge on any atom is 0.338 e. The predicted molar refractivity (Wildman–Crippen MR) is 85.1 cm³/mol. The molecule has 0 saturated heterocycles. The molecule has 1 amide bonds. The molecule has 10 nitrogen and oxygen atoms in total. The molecule has 0 aliphatic heterocycles. The van der Waals surface area contributed by atoms with Gasteiger partial charge in [-0.1, -0.05) is 6.07 Å². The van der Waals surface area contributed by atoms with Gasteiger partial charge in [-0.05, 0) is 18.2 Å². The number of ether oxygens (including phenoxy) is 1. The van der Waals surface area contributed by atoms with Gasteiger partial charge >= 0.3 is 5.97 Å². The smallest absolute Gasteiger partial charge is 0.338 e. The van der Waals surface area contributed by atoms with E-state index in [9.17, 15) is 29.8 Å². The van der Waals surface area contributed by atoms with E-state index in [0.717, 1.165) is 18.2 Å². The summed E-state index contributed by atoms with van der Waals surface area (Å²) in [4.78, 5) is 43.5. The predicted octanol–water partition coefficient (Wildman–Crippen LogP) is 2.30. The van der Waals surface area contributed by atoms with Gasteiger partial charge < -0.3 is 10.1 Å². The van der Waals surface area contributed by atoms with Crippen LogP contribution in [-0.2, 0) is 9.53 Å². The number of rotatable bonds is 6. The quantitative estimate of drug-likeness (QED) is 0.481. The fourth-order valence-corrected chi connectivity index (χ4v) is 1.83. The number of nitro benzene ring substituents is 2. The lowest BCUT2D eigenvalue weighted by Crippen LogP contribution is -2.21. The third kappa shape index (κ3) is 4.82. The van der Waals surface area contributed by atoms with Gasteiger partial charge in [0, 0.05) is 30.0 Å². The van der Waals surface area contributed by atoms with Crippen molar-refractivity contribution >= 4 is 28.9 Å². The van der Waals surface area contributed by atoms with Crippen LogP contribution in [0.3, 0.4) is 0 Å². The largest absolute Gasteiger partial charge is 0.452 e. The molecule has 0 heterocycles. The summed E-state index contributed by atoms with van der Waals surface area (Å²) in [6.07, 6.45) is 0. The molecule has 128 valence electrons. The third-order valence-corrected chi connectivity index (χ3v) is 2.99. The summed E-state index contributed by atoms with van der Waals surface area (Å²) in [7, 11) is 0. The summed E-state index contributed by atoms with van der Waals surface area (Å²) in [5.41, 5.74) is -0.139. The van der Waals surface area contributed by atoms with Gasteiger partial charge in [-0.3, -0.25) is 25.0 Å². The molecule has 2 aromatic rings. The molecule has 25 heavy (non-hydrogen) atoms. The first-order valence-corrected chi connectivity index (χ1v) is 6.82. The van der Waals surface area contributed by atoms with E-state index in [1.165, 1.54) is 30.3 Å². The van der Waals surface area contributed by atoms with Crippen LogP contribution in [0, 0.1) is 20.2 Å². The van der Waals surface area contributed by atoms with Gasteiger partial charge in [0.1, 0.15) is 0 Å². The SMILES string of the molecule is O=C(COC(=O)c1ccc([N+](=O)[O-])cc1)Nc1cccc([N+](=O)[O-])c1. The van der Waals surface area contributed by atoms with Gasteiger partial charge in [-0.2, -0.15) is 0 Å². The molecular formula is C15H11N3O7. The van der Waals surface area contributed by atoms with Crippen LogP contribution < -0.4 is 5.32 Å². The van der Waals surface area contributed by atoms with Crippen LogP contribution in [0.15, 0.2) is 48.5 Å². The highest BCUT2D eigenvalue weighted by Crippen LogP contribution is 2.17. The Morgan fingerprint density at radius 3 is 2.20 bits per heavy atom. The van der Waals surface area contributed by atoms with Crippen molar-refractivity contribution in [1.29, 1.82) is 0 Å². The van der Waals surface area contributed by atoms with Gasteiger partial charge in [-0.15, -0.1) is 0 Å². The normalized spacial score (nSPS) is 9.92. The third-order valence-electron chi connectivity index (χ3n) is 2.99. The maximum atomic E-state index is 11.8. The Kier molecular flexibility index (Phi) is 5.36. The number of anilines is 1. The molecule has 1 N–H and O–H groups in total. The Labute approximate surface area is 140 Å². The van der Waals surface area contributed by atoms with Crippen molar-refractivity contribution < 1.29 is 24.2 Å². The number of non-ortho nitro benzene ring substituents is 2. The standard InChI is InChI=1S/C15H11N3O7/c19-14(16-11-2-1-3-13(8-11)18(23)24)9-25-15(20)10-4-6-12(7-5-10)17(21)22/h1-8H,9H2,(H,16,19). The van der Waals surface area contributed by atoms with Gasteiger partial charge in [0.25, 0.3) is 17.3 Å². The molecule has 0 aromatic heterocycles. The molecule has 2 aromatic carbocycles. The summed E-state index contributed by atoms with van der Waals surface area (Å²) in [6, 6.07) is 9.97. The lowest BCUT2D eigenvalue weighted by atomic mass is 10.2. The van der Waals surface area contributed by atoms with Crippen LogP contribution in [-0.4, -0.2) is 28.3 Å². The number of carbonyl (C=O) groups excluding carboxylic acids is 2. The van der Waals surface area contributed by atoms with E-state index in [0.29, 0.717) is 0 Å². The Balaban J connectivity index is 1.91. The zero-order valence-electron chi connectivity index (χ0n) is 12.6. The molecule has 0 spiro atoms. The van der Waals surface area contributed by atoms with Crippen LogP contribution in [0.5, 0.6) is 0 Å². The summed E-state index contributed by atoms with van der Waals surface area (Å²) >= 11 is 0. The monoisotopic (exact) mass is 345 g/mol. The molecule has 0 fully saturated rings. The fourth-order valence-electron chi connectivity index (χ4n) is 1.83. The Morgan fingerprint density at radius 1 is 0.960 bits per heavy atom. The van der Waals surface area contributed by atoms with Crippen LogP contribution >= 0.6 is 0 Å². The highest BCUT2D eigenvalue weighted by atomic mass is 16.6. The minimum absolute atomic E-state index is 0.0498. The number of amides is 1. The second kappa shape index (κ2) is 7.64. The summed E-state index contributed by atoms with van der Waals surface area (Å²) < 4.78 is 4.79. The van der Waals surface area contributed by atoms with Crippen molar-refractivity contribution in [3.8, 4) is 0 Å². The lowest BCUT2D eigenvalue weighted by Gasteiger charge is -2.06. The molecule has 0 bridgehead atoms. The van der Waals surface area contributed by atoms with E-state index >= 15 is 0 Å². The van der Waals surface area contributed by atoms with Gasteiger partial charge in [0.05, 0.1) is 15.4 Å². The number of nitro groups is 2. The number of hydrogen-bond acceptors (Lipinski definition) is 7. The highest BCUT2D eigenvalue weighted by molar-refractivity contribution is 5.95. The van der Waals surface area contributed by atoms with Crippen LogP contribution in [0.1, 0.15) is 10.4 Å². The molecular weight excluding hydrogens is 334 g/mol. The molecule has 0 saturated carbocycles. The summed E-state index contributed by atoms with van der Waals surface area (Å²) in [5, 5.41) is 23.5. The topological polar surface area (TPSA) is 142 Å². The zero-order valence-corrected chi connectivity index (χ0v) is 12.6.